The molecule has 4 nitrogen and oxygen atoms in total. The summed E-state index contributed by atoms with van der Waals surface area (Å²) in [6, 6.07) is 8.06. The van der Waals surface area contributed by atoms with E-state index in [1.807, 2.05) is 25.1 Å². The van der Waals surface area contributed by atoms with Crippen molar-refractivity contribution in [3.8, 4) is 17.0 Å². The van der Waals surface area contributed by atoms with Gasteiger partial charge in [0.25, 0.3) is 0 Å². The Kier molecular flexibility index (Phi) is 2.98. The zero-order chi connectivity index (χ0) is 14.3. The molecular formula is C16H19N3O. The summed E-state index contributed by atoms with van der Waals surface area (Å²) in [7, 11) is 1.68. The first-order valence-electron chi connectivity index (χ1n) is 6.82. The summed E-state index contributed by atoms with van der Waals surface area (Å²) < 4.78 is 5.44. The Morgan fingerprint density at radius 3 is 2.55 bits per heavy atom. The maximum absolute atomic E-state index is 6.23. The number of hydrogen-bond donors (Lipinski definition) is 1. The molecule has 0 bridgehead atoms. The minimum absolute atomic E-state index is 0.322. The van der Waals surface area contributed by atoms with Crippen LogP contribution in [0.4, 0.5) is 0 Å². The lowest BCUT2D eigenvalue weighted by Gasteiger charge is -2.13. The summed E-state index contributed by atoms with van der Waals surface area (Å²) in [5, 5.41) is 0. The van der Waals surface area contributed by atoms with Crippen LogP contribution in [0.25, 0.3) is 11.3 Å². The van der Waals surface area contributed by atoms with Crippen LogP contribution in [0.5, 0.6) is 5.75 Å². The number of benzene rings is 1. The van der Waals surface area contributed by atoms with Gasteiger partial charge in [-0.2, -0.15) is 0 Å². The van der Waals surface area contributed by atoms with Crippen LogP contribution in [0.1, 0.15) is 29.9 Å². The summed E-state index contributed by atoms with van der Waals surface area (Å²) >= 11 is 0. The second-order valence-corrected chi connectivity index (χ2v) is 5.58. The van der Waals surface area contributed by atoms with E-state index in [2.05, 4.69) is 23.0 Å². The third-order valence-corrected chi connectivity index (χ3v) is 3.72. The maximum Gasteiger partial charge on any atom is 0.149 e. The molecule has 1 heterocycles. The first-order chi connectivity index (χ1) is 9.51. The van der Waals surface area contributed by atoms with Crippen molar-refractivity contribution < 1.29 is 4.74 Å². The highest BCUT2D eigenvalue weighted by atomic mass is 16.5. The molecule has 4 heteroatoms. The van der Waals surface area contributed by atoms with Gasteiger partial charge in [-0.05, 0) is 44.9 Å². The van der Waals surface area contributed by atoms with E-state index in [0.717, 1.165) is 41.4 Å². The molecule has 2 aromatic rings. The Bertz CT molecular complexity index is 663. The van der Waals surface area contributed by atoms with Crippen molar-refractivity contribution in [1.29, 1.82) is 0 Å². The lowest BCUT2D eigenvalue weighted by Crippen LogP contribution is -2.22. The summed E-state index contributed by atoms with van der Waals surface area (Å²) in [6.45, 7) is 4.03. The van der Waals surface area contributed by atoms with Gasteiger partial charge in [0.2, 0.25) is 0 Å². The van der Waals surface area contributed by atoms with E-state index in [4.69, 9.17) is 10.5 Å². The van der Waals surface area contributed by atoms with Crippen molar-refractivity contribution in [2.24, 2.45) is 5.73 Å². The van der Waals surface area contributed by atoms with Gasteiger partial charge in [-0.25, -0.2) is 9.97 Å². The van der Waals surface area contributed by atoms with Gasteiger partial charge in [-0.3, -0.25) is 0 Å². The standard InChI is InChI=1S/C16H19N3O/c1-10-4-5-14(20-3)12(8-10)13-9-11(2)18-15(19-13)16(17)6-7-16/h4-5,8-9H,6-7,17H2,1-3H3. The van der Waals surface area contributed by atoms with E-state index in [1.54, 1.807) is 7.11 Å². The van der Waals surface area contributed by atoms with Gasteiger partial charge in [0.15, 0.2) is 0 Å². The fourth-order valence-corrected chi connectivity index (χ4v) is 2.31. The summed E-state index contributed by atoms with van der Waals surface area (Å²) in [5.41, 5.74) is 9.88. The molecule has 0 saturated heterocycles. The number of aromatic nitrogens is 2. The lowest BCUT2D eigenvalue weighted by molar-refractivity contribution is 0.416. The summed E-state index contributed by atoms with van der Waals surface area (Å²) in [4.78, 5) is 9.17. The van der Waals surface area contributed by atoms with Crippen molar-refractivity contribution >= 4 is 0 Å². The highest BCUT2D eigenvalue weighted by Crippen LogP contribution is 2.41. The van der Waals surface area contributed by atoms with Gasteiger partial charge in [0, 0.05) is 11.3 Å². The molecular weight excluding hydrogens is 250 g/mol. The van der Waals surface area contributed by atoms with Crippen LogP contribution >= 0.6 is 0 Å². The number of ether oxygens (including phenoxy) is 1. The normalized spacial score (nSPS) is 16.0. The fraction of sp³-hybridized carbons (Fsp3) is 0.375. The Labute approximate surface area is 119 Å². The largest absolute Gasteiger partial charge is 0.496 e. The number of hydrogen-bond acceptors (Lipinski definition) is 4. The average Bonchev–Trinajstić information content (AvgIpc) is 3.17. The fourth-order valence-electron chi connectivity index (χ4n) is 2.31. The van der Waals surface area contributed by atoms with Gasteiger partial charge < -0.3 is 10.5 Å². The van der Waals surface area contributed by atoms with Crippen molar-refractivity contribution in [2.75, 3.05) is 7.11 Å². The number of rotatable bonds is 3. The number of aryl methyl sites for hydroxylation is 2. The van der Waals surface area contributed by atoms with E-state index < -0.39 is 0 Å². The molecule has 1 aliphatic rings. The molecule has 0 unspecified atom stereocenters. The highest BCUT2D eigenvalue weighted by molar-refractivity contribution is 5.68. The third kappa shape index (κ3) is 2.27. The van der Waals surface area contributed by atoms with Gasteiger partial charge in [-0.1, -0.05) is 11.6 Å². The van der Waals surface area contributed by atoms with Crippen LogP contribution in [-0.4, -0.2) is 17.1 Å². The zero-order valence-electron chi connectivity index (χ0n) is 12.1. The Morgan fingerprint density at radius 1 is 1.15 bits per heavy atom. The highest BCUT2D eigenvalue weighted by Gasteiger charge is 2.43. The number of nitrogens with zero attached hydrogens (tertiary/aromatic N) is 2. The average molecular weight is 269 g/mol. The molecule has 1 aromatic carbocycles. The molecule has 0 aliphatic heterocycles. The molecule has 0 atom stereocenters. The van der Waals surface area contributed by atoms with E-state index >= 15 is 0 Å². The first kappa shape index (κ1) is 13.1. The number of methoxy groups -OCH3 is 1. The van der Waals surface area contributed by atoms with Crippen LogP contribution < -0.4 is 10.5 Å². The molecule has 0 spiro atoms. The summed E-state index contributed by atoms with van der Waals surface area (Å²) in [6.07, 6.45) is 1.92. The minimum Gasteiger partial charge on any atom is -0.496 e. The van der Waals surface area contributed by atoms with E-state index in [9.17, 15) is 0 Å². The Morgan fingerprint density at radius 2 is 1.90 bits per heavy atom. The molecule has 20 heavy (non-hydrogen) atoms. The molecule has 2 N–H and O–H groups in total. The van der Waals surface area contributed by atoms with Crippen molar-refractivity contribution in [2.45, 2.75) is 32.2 Å². The maximum atomic E-state index is 6.23. The molecule has 0 amide bonds. The third-order valence-electron chi connectivity index (χ3n) is 3.72. The zero-order valence-corrected chi connectivity index (χ0v) is 12.1. The topological polar surface area (TPSA) is 61.0 Å². The van der Waals surface area contributed by atoms with Crippen LogP contribution in [-0.2, 0) is 5.54 Å². The SMILES string of the molecule is COc1ccc(C)cc1-c1cc(C)nc(C2(N)CC2)n1. The quantitative estimate of drug-likeness (QED) is 0.930. The smallest absolute Gasteiger partial charge is 0.149 e. The molecule has 1 aromatic heterocycles. The molecule has 104 valence electrons. The van der Waals surface area contributed by atoms with E-state index in [-0.39, 0.29) is 5.54 Å². The van der Waals surface area contributed by atoms with Crippen LogP contribution in [0.3, 0.4) is 0 Å². The van der Waals surface area contributed by atoms with Crippen LogP contribution in [0.15, 0.2) is 24.3 Å². The molecule has 1 saturated carbocycles. The number of nitrogens with two attached hydrogens (primary N) is 1. The van der Waals surface area contributed by atoms with E-state index in [1.165, 1.54) is 5.56 Å². The van der Waals surface area contributed by atoms with Crippen LogP contribution in [0.2, 0.25) is 0 Å². The second kappa shape index (κ2) is 4.56. The van der Waals surface area contributed by atoms with E-state index in [0.29, 0.717) is 0 Å². The van der Waals surface area contributed by atoms with Crippen LogP contribution in [0, 0.1) is 13.8 Å². The van der Waals surface area contributed by atoms with Crippen molar-refractivity contribution in [3.63, 3.8) is 0 Å². The van der Waals surface area contributed by atoms with Gasteiger partial charge in [-0.15, -0.1) is 0 Å². The van der Waals surface area contributed by atoms with Gasteiger partial charge in [0.1, 0.15) is 11.6 Å². The first-order valence-corrected chi connectivity index (χ1v) is 6.82. The lowest BCUT2D eigenvalue weighted by atomic mass is 10.1. The predicted molar refractivity (Wildman–Crippen MR) is 78.6 cm³/mol. The predicted octanol–water partition coefficient (Wildman–Crippen LogP) is 2.72. The molecule has 0 radical (unpaired) electrons. The Balaban J connectivity index is 2.14. The van der Waals surface area contributed by atoms with Crippen molar-refractivity contribution in [1.82, 2.24) is 9.97 Å². The molecule has 3 rings (SSSR count). The Hall–Kier alpha value is -1.94. The molecule has 1 fully saturated rings. The van der Waals surface area contributed by atoms with Gasteiger partial charge >= 0.3 is 0 Å². The minimum atomic E-state index is -0.322. The monoisotopic (exact) mass is 269 g/mol. The summed E-state index contributed by atoms with van der Waals surface area (Å²) in [5.74, 6) is 1.57. The second-order valence-electron chi connectivity index (χ2n) is 5.58. The van der Waals surface area contributed by atoms with Crippen molar-refractivity contribution in [3.05, 3.63) is 41.3 Å². The van der Waals surface area contributed by atoms with Gasteiger partial charge in [0.05, 0.1) is 18.3 Å². The molecule has 1 aliphatic carbocycles.